The molecule has 0 amide bonds. The number of allylic oxidation sites excluding steroid dienone is 2. The molecule has 3 nitrogen and oxygen atoms in total. The second kappa shape index (κ2) is 14.8. The van der Waals surface area contributed by atoms with Gasteiger partial charge in [0.1, 0.15) is 5.76 Å². The van der Waals surface area contributed by atoms with Crippen molar-refractivity contribution in [3.8, 4) is 11.3 Å². The van der Waals surface area contributed by atoms with E-state index >= 15 is 0 Å². The van der Waals surface area contributed by atoms with Gasteiger partial charge in [-0.25, -0.2) is 0 Å². The Hall–Kier alpha value is -2.41. The van der Waals surface area contributed by atoms with Gasteiger partial charge in [0.25, 0.3) is 0 Å². The summed E-state index contributed by atoms with van der Waals surface area (Å²) in [5, 5.41) is 17.4. The molecule has 0 saturated heterocycles. The van der Waals surface area contributed by atoms with Gasteiger partial charge in [0.2, 0.25) is 0 Å². The van der Waals surface area contributed by atoms with Gasteiger partial charge in [0.15, 0.2) is 5.78 Å². The predicted octanol–water partition coefficient (Wildman–Crippen LogP) is 13.6. The van der Waals surface area contributed by atoms with Gasteiger partial charge >= 0.3 is 0 Å². The largest absolute Gasteiger partial charge is 0.512 e. The third kappa shape index (κ3) is 7.23. The summed E-state index contributed by atoms with van der Waals surface area (Å²) in [6.07, 6.45) is 6.71. The molecule has 0 unspecified atom stereocenters. The molecule has 0 fully saturated rings. The number of aryl methyl sites for hydroxylation is 1. The number of carbonyl (C=O) groups excluding carboxylic acids is 1. The van der Waals surface area contributed by atoms with Crippen LogP contribution in [-0.4, -0.2) is 15.9 Å². The first-order chi connectivity index (χ1) is 22.2. The number of carbonyl (C=O) groups is 1. The smallest absolute Gasteiger partial charge is 0.164 e. The van der Waals surface area contributed by atoms with Crippen LogP contribution in [0.5, 0.6) is 0 Å². The van der Waals surface area contributed by atoms with Crippen LogP contribution >= 0.6 is 34.0 Å². The van der Waals surface area contributed by atoms with Gasteiger partial charge in [-0.1, -0.05) is 85.6 Å². The Balaban J connectivity index is 0.000000251. The Labute approximate surface area is 311 Å². The van der Waals surface area contributed by atoms with Crippen molar-refractivity contribution in [3.05, 3.63) is 76.3 Å². The molecule has 0 aliphatic carbocycles. The van der Waals surface area contributed by atoms with E-state index in [0.29, 0.717) is 0 Å². The second-order valence-electron chi connectivity index (χ2n) is 14.3. The molecule has 48 heavy (non-hydrogen) atoms. The minimum atomic E-state index is -0.337. The summed E-state index contributed by atoms with van der Waals surface area (Å²) in [7, 11) is 0. The van der Waals surface area contributed by atoms with E-state index in [1.165, 1.54) is 56.9 Å². The van der Waals surface area contributed by atoms with Crippen LogP contribution < -0.4 is 0 Å². The maximum absolute atomic E-state index is 12.2. The molecular weight excluding hydrogens is 827 g/mol. The average Bonchev–Trinajstić information content (AvgIpc) is 3.79. The zero-order valence-electron chi connectivity index (χ0n) is 29.9. The standard InChI is InChI=1S/C26H20NS3.C15H28O2.Ir/c1-14-11-15-5-6-18-21-20(30-25(18)24(15)29-14)7-9-27-22(21)17-12-16-8-10-28-23(16)19(13-17)26(2,3)4;1-7-14(5,8-2)12(16)11-13(17)15(6,9-3)10-4;/h5-11,13H,1-4H3;11,16H,7-10H2,1-6H3;/q-1;;/b;12-11-;. The third-order valence-electron chi connectivity index (χ3n) is 10.3. The van der Waals surface area contributed by atoms with Crippen molar-refractivity contribution in [2.45, 2.75) is 100 Å². The van der Waals surface area contributed by atoms with E-state index in [1.54, 1.807) is 0 Å². The Morgan fingerprint density at radius 2 is 1.54 bits per heavy atom. The molecule has 0 bridgehead atoms. The first-order valence-electron chi connectivity index (χ1n) is 16.8. The summed E-state index contributed by atoms with van der Waals surface area (Å²) < 4.78 is 5.40. The van der Waals surface area contributed by atoms with E-state index in [4.69, 9.17) is 4.98 Å². The zero-order chi connectivity index (χ0) is 34.3. The summed E-state index contributed by atoms with van der Waals surface area (Å²) in [6.45, 7) is 21.1. The molecule has 0 saturated carbocycles. The van der Waals surface area contributed by atoms with Gasteiger partial charge in [0, 0.05) is 58.5 Å². The van der Waals surface area contributed by atoms with Gasteiger partial charge in [-0.15, -0.1) is 46.3 Å². The number of aromatic nitrogens is 1. The summed E-state index contributed by atoms with van der Waals surface area (Å²) in [5.74, 6) is 0.286. The number of aliphatic hydroxyl groups excluding tert-OH is 1. The summed E-state index contributed by atoms with van der Waals surface area (Å²) >= 11 is 5.59. The van der Waals surface area contributed by atoms with Crippen molar-refractivity contribution < 1.29 is 30.0 Å². The predicted molar refractivity (Wildman–Crippen MR) is 209 cm³/mol. The molecule has 0 spiro atoms. The fourth-order valence-electron chi connectivity index (χ4n) is 5.98. The number of hydrogen-bond donors (Lipinski definition) is 1. The zero-order valence-corrected chi connectivity index (χ0v) is 34.7. The number of aliphatic hydroxyl groups is 1. The number of nitrogens with zero attached hydrogens (tertiary/aromatic N) is 1. The second-order valence-corrected chi connectivity index (χ2v) is 17.5. The van der Waals surface area contributed by atoms with Crippen molar-refractivity contribution in [1.82, 2.24) is 4.98 Å². The molecule has 4 aromatic heterocycles. The van der Waals surface area contributed by atoms with E-state index in [-0.39, 0.29) is 47.9 Å². The molecule has 0 aliphatic heterocycles. The molecule has 0 atom stereocenters. The molecule has 4 heterocycles. The summed E-state index contributed by atoms with van der Waals surface area (Å²) in [4.78, 5) is 18.4. The molecule has 6 rings (SSSR count). The summed E-state index contributed by atoms with van der Waals surface area (Å²) in [5.41, 5.74) is 2.98. The van der Waals surface area contributed by atoms with E-state index in [2.05, 4.69) is 75.5 Å². The minimum Gasteiger partial charge on any atom is -0.512 e. The third-order valence-corrected chi connectivity index (χ3v) is 13.6. The molecule has 0 aliphatic rings. The van der Waals surface area contributed by atoms with E-state index in [1.807, 2.05) is 81.7 Å². The summed E-state index contributed by atoms with van der Waals surface area (Å²) in [6, 6.07) is 17.2. The molecular formula is C41H48IrNO2S3-. The fraction of sp³-hybridized carbons (Fsp3) is 0.415. The van der Waals surface area contributed by atoms with Crippen LogP contribution in [0.3, 0.4) is 0 Å². The molecule has 7 heteroatoms. The van der Waals surface area contributed by atoms with Gasteiger partial charge in [-0.05, 0) is 76.4 Å². The Morgan fingerprint density at radius 1 is 0.875 bits per heavy atom. The number of rotatable bonds is 8. The maximum atomic E-state index is 12.2. The van der Waals surface area contributed by atoms with Crippen molar-refractivity contribution >= 4 is 80.1 Å². The SMILES string of the molecule is CCC(C)(CC)C(=O)/C=C(\O)C(C)(CC)CC.Cc1cc2ccc3c(sc4ccnc(-c5[c-]c6ccsc6c(C(C)(C)C)c5)c43)c2s1.[Ir]. The van der Waals surface area contributed by atoms with Crippen LogP contribution in [-0.2, 0) is 30.3 Å². The molecule has 2 aromatic carbocycles. The number of ketones is 1. The molecule has 1 radical (unpaired) electrons. The number of benzene rings is 2. The van der Waals surface area contributed by atoms with Gasteiger partial charge in [0.05, 0.1) is 9.40 Å². The van der Waals surface area contributed by atoms with Crippen LogP contribution in [0.15, 0.2) is 59.8 Å². The van der Waals surface area contributed by atoms with E-state index < -0.39 is 0 Å². The first kappa shape index (κ1) is 38.4. The molecule has 257 valence electrons. The molecule has 6 aromatic rings. The van der Waals surface area contributed by atoms with Crippen molar-refractivity contribution in [3.63, 3.8) is 0 Å². The van der Waals surface area contributed by atoms with Crippen LogP contribution in [0.25, 0.3) is 51.6 Å². The van der Waals surface area contributed by atoms with Gasteiger partial charge < -0.3 is 5.11 Å². The Morgan fingerprint density at radius 3 is 2.17 bits per heavy atom. The fourth-order valence-corrected chi connectivity index (χ4v) is 9.42. The maximum Gasteiger partial charge on any atom is 0.164 e. The van der Waals surface area contributed by atoms with Gasteiger partial charge in [-0.2, -0.15) is 11.3 Å². The Bertz CT molecular complexity index is 2100. The average molecular weight is 875 g/mol. The number of pyridine rings is 1. The number of thiophene rings is 3. The van der Waals surface area contributed by atoms with Gasteiger partial charge in [-0.3, -0.25) is 9.78 Å². The minimum absolute atomic E-state index is 0. The number of hydrogen-bond acceptors (Lipinski definition) is 6. The quantitative estimate of drug-likeness (QED) is 0.0941. The monoisotopic (exact) mass is 875 g/mol. The van der Waals surface area contributed by atoms with Crippen LogP contribution in [0, 0.1) is 23.8 Å². The Kier molecular flexibility index (Phi) is 11.9. The van der Waals surface area contributed by atoms with Crippen LogP contribution in [0.4, 0.5) is 0 Å². The number of fused-ring (bicyclic) bond motifs is 6. The van der Waals surface area contributed by atoms with Crippen molar-refractivity contribution in [1.29, 1.82) is 0 Å². The normalized spacial score (nSPS) is 12.8. The van der Waals surface area contributed by atoms with Crippen molar-refractivity contribution in [2.24, 2.45) is 10.8 Å². The van der Waals surface area contributed by atoms with E-state index in [9.17, 15) is 9.90 Å². The van der Waals surface area contributed by atoms with E-state index in [0.717, 1.165) is 36.9 Å². The van der Waals surface area contributed by atoms with Crippen LogP contribution in [0.1, 0.15) is 98.4 Å². The topological polar surface area (TPSA) is 50.2 Å². The first-order valence-corrected chi connectivity index (χ1v) is 19.3. The molecule has 1 N–H and O–H groups in total. The van der Waals surface area contributed by atoms with Crippen LogP contribution in [0.2, 0.25) is 0 Å². The van der Waals surface area contributed by atoms with Crippen molar-refractivity contribution in [2.75, 3.05) is 0 Å².